The average Bonchev–Trinajstić information content (AvgIpc) is 2.94. The maximum Gasteiger partial charge on any atom is 0.303 e. The number of aliphatic hydroxyl groups is 1. The third-order valence-electron chi connectivity index (χ3n) is 3.60. The summed E-state index contributed by atoms with van der Waals surface area (Å²) in [6.45, 7) is 0.219. The second-order valence-corrected chi connectivity index (χ2v) is 7.00. The van der Waals surface area contributed by atoms with E-state index in [4.69, 9.17) is 14.7 Å². The van der Waals surface area contributed by atoms with Gasteiger partial charge in [-0.05, 0) is 44.4 Å². The molecule has 0 fully saturated rings. The van der Waals surface area contributed by atoms with Gasteiger partial charge in [0.25, 0.3) is 5.91 Å². The minimum Gasteiger partial charge on any atom is -0.495 e. The number of aliphatic carboxylic acids is 1. The predicted octanol–water partition coefficient (Wildman–Crippen LogP) is 1.39. The molecule has 2 atom stereocenters. The number of halogens is 2. The number of carbonyl (C=O) groups is 2. The summed E-state index contributed by atoms with van der Waals surface area (Å²) in [6, 6.07) is 0. The number of amides is 1. The summed E-state index contributed by atoms with van der Waals surface area (Å²) >= 11 is 6.61. The van der Waals surface area contributed by atoms with Crippen LogP contribution in [0.1, 0.15) is 19.3 Å². The van der Waals surface area contributed by atoms with Gasteiger partial charge in [0.2, 0.25) is 0 Å². The van der Waals surface area contributed by atoms with E-state index in [-0.39, 0.29) is 25.1 Å². The summed E-state index contributed by atoms with van der Waals surface area (Å²) in [5.41, 5.74) is -1.07. The summed E-state index contributed by atoms with van der Waals surface area (Å²) in [5, 5.41) is 25.4. The first-order chi connectivity index (χ1) is 11.3. The number of hydrogen-bond acceptors (Lipinski definition) is 6. The van der Waals surface area contributed by atoms with Gasteiger partial charge in [-0.2, -0.15) is 0 Å². The fraction of sp³-hybridized carbons (Fsp3) is 0.500. The molecule has 24 heavy (non-hydrogen) atoms. The number of nitrogens with one attached hydrogen (secondary N) is 1. The van der Waals surface area contributed by atoms with E-state index in [1.54, 1.807) is 6.08 Å². The Morgan fingerprint density at radius 1 is 1.54 bits per heavy atom. The Morgan fingerprint density at radius 3 is 2.88 bits per heavy atom. The highest BCUT2D eigenvalue weighted by Gasteiger charge is 2.50. The second kappa shape index (κ2) is 7.66. The molecule has 0 aromatic heterocycles. The van der Waals surface area contributed by atoms with E-state index in [0.29, 0.717) is 21.1 Å². The molecule has 3 N–H and O–H groups in total. The molecule has 1 spiro atoms. The van der Waals surface area contributed by atoms with Gasteiger partial charge < -0.3 is 25.1 Å². The number of carbonyl (C=O) groups excluding carboxylic acids is 1. The van der Waals surface area contributed by atoms with Crippen LogP contribution in [0, 0.1) is 0 Å². The zero-order chi connectivity index (χ0) is 17.9. The quantitative estimate of drug-likeness (QED) is 0.508. The summed E-state index contributed by atoms with van der Waals surface area (Å²) in [7, 11) is 1.47. The highest BCUT2D eigenvalue weighted by molar-refractivity contribution is 9.12. The van der Waals surface area contributed by atoms with Gasteiger partial charge >= 0.3 is 5.97 Å². The Kier molecular flexibility index (Phi) is 6.05. The van der Waals surface area contributed by atoms with Gasteiger partial charge in [0.05, 0.1) is 16.1 Å². The lowest BCUT2D eigenvalue weighted by molar-refractivity contribution is -0.137. The van der Waals surface area contributed by atoms with E-state index in [9.17, 15) is 14.7 Å². The molecule has 2 aliphatic rings. The normalized spacial score (nSPS) is 25.9. The van der Waals surface area contributed by atoms with Crippen LogP contribution < -0.4 is 5.32 Å². The first kappa shape index (κ1) is 18.9. The van der Waals surface area contributed by atoms with Crippen molar-refractivity contribution in [2.24, 2.45) is 5.16 Å². The van der Waals surface area contributed by atoms with E-state index < -0.39 is 23.6 Å². The molecule has 0 aromatic carbocycles. The van der Waals surface area contributed by atoms with Crippen LogP contribution in [0.25, 0.3) is 0 Å². The molecular formula is C14H16Br2N2O6. The van der Waals surface area contributed by atoms with E-state index in [1.165, 1.54) is 7.11 Å². The van der Waals surface area contributed by atoms with Crippen molar-refractivity contribution in [1.29, 1.82) is 0 Å². The number of hydrogen-bond donors (Lipinski definition) is 3. The fourth-order valence-corrected chi connectivity index (χ4v) is 4.15. The van der Waals surface area contributed by atoms with Crippen molar-refractivity contribution in [3.05, 3.63) is 20.8 Å². The van der Waals surface area contributed by atoms with Crippen molar-refractivity contribution in [2.45, 2.75) is 31.0 Å². The third kappa shape index (κ3) is 3.81. The molecule has 1 aliphatic carbocycles. The smallest absolute Gasteiger partial charge is 0.303 e. The van der Waals surface area contributed by atoms with Gasteiger partial charge in [0.15, 0.2) is 5.60 Å². The highest BCUT2D eigenvalue weighted by atomic mass is 79.9. The number of rotatable bonds is 6. The number of oxime groups is 1. The van der Waals surface area contributed by atoms with E-state index in [2.05, 4.69) is 42.3 Å². The molecule has 0 bridgehead atoms. The van der Waals surface area contributed by atoms with E-state index in [1.807, 2.05) is 0 Å². The van der Waals surface area contributed by atoms with Crippen LogP contribution in [0.4, 0.5) is 0 Å². The number of carboxylic acids is 1. The molecule has 8 nitrogen and oxygen atoms in total. The molecule has 1 amide bonds. The molecule has 1 heterocycles. The van der Waals surface area contributed by atoms with Crippen LogP contribution in [0.3, 0.4) is 0 Å². The monoisotopic (exact) mass is 466 g/mol. The van der Waals surface area contributed by atoms with Gasteiger partial charge in [-0.25, -0.2) is 0 Å². The minimum absolute atomic E-state index is 0.0286. The SMILES string of the molecule is COC1=C(Br)C(O)C2(C=C1Br)CC(C(=O)NCCCC(=O)O)=NO2. The number of aliphatic hydroxyl groups excluding tert-OH is 1. The molecule has 1 aliphatic heterocycles. The maximum atomic E-state index is 12.1. The number of methoxy groups -OCH3 is 1. The van der Waals surface area contributed by atoms with Crippen molar-refractivity contribution >= 4 is 49.4 Å². The first-order valence-corrected chi connectivity index (χ1v) is 8.65. The molecular weight excluding hydrogens is 452 g/mol. The Balaban J connectivity index is 2.00. The molecule has 2 rings (SSSR count). The summed E-state index contributed by atoms with van der Waals surface area (Å²) < 4.78 is 6.14. The van der Waals surface area contributed by atoms with Gasteiger partial charge in [0, 0.05) is 19.4 Å². The standard InChI is InChI=1S/C14H16Br2N2O6/c1-23-11-7(15)5-14(12(21)10(11)16)6-8(18-24-14)13(22)17-4-2-3-9(19)20/h5,12,21H,2-4,6H2,1H3,(H,17,22)(H,19,20). The van der Waals surface area contributed by atoms with Crippen LogP contribution in [-0.4, -0.2) is 53.2 Å². The van der Waals surface area contributed by atoms with Crippen molar-refractivity contribution in [1.82, 2.24) is 5.32 Å². The van der Waals surface area contributed by atoms with Gasteiger partial charge in [-0.1, -0.05) is 5.16 Å². The van der Waals surface area contributed by atoms with Crippen LogP contribution in [-0.2, 0) is 19.2 Å². The number of carboxylic acid groups (broad SMARTS) is 1. The molecule has 0 saturated carbocycles. The van der Waals surface area contributed by atoms with Crippen LogP contribution in [0.5, 0.6) is 0 Å². The molecule has 0 aromatic rings. The molecule has 2 unspecified atom stereocenters. The van der Waals surface area contributed by atoms with Crippen LogP contribution >= 0.6 is 31.9 Å². The molecule has 0 radical (unpaired) electrons. The lowest BCUT2D eigenvalue weighted by Gasteiger charge is -2.33. The number of allylic oxidation sites excluding steroid dienone is 1. The Hall–Kier alpha value is -1.39. The minimum atomic E-state index is -1.20. The van der Waals surface area contributed by atoms with Gasteiger partial charge in [-0.15, -0.1) is 0 Å². The zero-order valence-corrected chi connectivity index (χ0v) is 15.9. The Morgan fingerprint density at radius 2 is 2.25 bits per heavy atom. The number of ether oxygens (including phenoxy) is 1. The van der Waals surface area contributed by atoms with Crippen molar-refractivity contribution < 1.29 is 29.4 Å². The van der Waals surface area contributed by atoms with Crippen LogP contribution in [0.2, 0.25) is 0 Å². The lowest BCUT2D eigenvalue weighted by atomic mass is 9.87. The molecule has 132 valence electrons. The summed E-state index contributed by atoms with van der Waals surface area (Å²) in [4.78, 5) is 27.9. The Bertz CT molecular complexity index is 645. The van der Waals surface area contributed by atoms with Crippen molar-refractivity contribution in [3.8, 4) is 0 Å². The topological polar surface area (TPSA) is 117 Å². The zero-order valence-electron chi connectivity index (χ0n) is 12.7. The fourth-order valence-electron chi connectivity index (χ4n) is 2.36. The first-order valence-electron chi connectivity index (χ1n) is 7.06. The molecule has 10 heteroatoms. The highest BCUT2D eigenvalue weighted by Crippen LogP contribution is 2.43. The number of nitrogens with zero attached hydrogens (tertiary/aromatic N) is 1. The third-order valence-corrected chi connectivity index (χ3v) is 4.98. The van der Waals surface area contributed by atoms with E-state index in [0.717, 1.165) is 0 Å². The molecule has 0 saturated heterocycles. The second-order valence-electron chi connectivity index (χ2n) is 5.29. The predicted molar refractivity (Wildman–Crippen MR) is 91.7 cm³/mol. The van der Waals surface area contributed by atoms with Gasteiger partial charge in [-0.3, -0.25) is 9.59 Å². The summed E-state index contributed by atoms with van der Waals surface area (Å²) in [5.74, 6) is -0.939. The van der Waals surface area contributed by atoms with Gasteiger partial charge in [0.1, 0.15) is 17.6 Å². The van der Waals surface area contributed by atoms with Crippen LogP contribution in [0.15, 0.2) is 26.0 Å². The lowest BCUT2D eigenvalue weighted by Crippen LogP contribution is -2.45. The summed E-state index contributed by atoms with van der Waals surface area (Å²) in [6.07, 6.45) is 0.879. The maximum absolute atomic E-state index is 12.1. The van der Waals surface area contributed by atoms with Crippen molar-refractivity contribution in [3.63, 3.8) is 0 Å². The van der Waals surface area contributed by atoms with Crippen molar-refractivity contribution in [2.75, 3.05) is 13.7 Å². The average molecular weight is 468 g/mol. The van der Waals surface area contributed by atoms with E-state index >= 15 is 0 Å². The largest absolute Gasteiger partial charge is 0.495 e. The Labute approximate surface area is 154 Å².